The largest absolute Gasteiger partial charge is 0.378 e. The second-order valence-corrected chi connectivity index (χ2v) is 12.0. The van der Waals surface area contributed by atoms with Crippen LogP contribution >= 0.6 is 0 Å². The molecule has 250 valence electrons. The Morgan fingerprint density at radius 2 is 1.71 bits per heavy atom. The maximum Gasteiger partial charge on any atom is 0.268 e. The lowest BCUT2D eigenvalue weighted by Gasteiger charge is -2.28. The van der Waals surface area contributed by atoms with Gasteiger partial charge in [-0.25, -0.2) is 23.7 Å². The van der Waals surface area contributed by atoms with Gasteiger partial charge in [-0.2, -0.15) is 0 Å². The van der Waals surface area contributed by atoms with Crippen molar-refractivity contribution in [2.45, 2.75) is 45.7 Å². The van der Waals surface area contributed by atoms with E-state index < -0.39 is 23.0 Å². The highest BCUT2D eigenvalue weighted by atomic mass is 19.2. The molecule has 49 heavy (non-hydrogen) atoms. The van der Waals surface area contributed by atoms with Gasteiger partial charge in [0.25, 0.3) is 11.1 Å². The number of pyridine rings is 1. The molecule has 4 heterocycles. The number of anilines is 1. The van der Waals surface area contributed by atoms with Gasteiger partial charge in [0.05, 0.1) is 31.6 Å². The van der Waals surface area contributed by atoms with E-state index in [1.54, 1.807) is 16.8 Å². The number of carbonyl (C=O) groups excluding carboxylic acids is 1. The molecule has 0 aliphatic carbocycles. The fraction of sp³-hybridized carbons (Fsp3) is 0.297. The smallest absolute Gasteiger partial charge is 0.268 e. The highest BCUT2D eigenvalue weighted by molar-refractivity contribution is 5.95. The molecule has 0 spiro atoms. The van der Waals surface area contributed by atoms with E-state index in [2.05, 4.69) is 51.0 Å². The molecule has 1 aliphatic heterocycles. The lowest BCUT2D eigenvalue weighted by Crippen LogP contribution is -2.36. The summed E-state index contributed by atoms with van der Waals surface area (Å²) < 4.78 is 35.1. The Morgan fingerprint density at radius 3 is 2.45 bits per heavy atom. The molecule has 0 amide bonds. The second-order valence-electron chi connectivity index (χ2n) is 12.0. The van der Waals surface area contributed by atoms with Gasteiger partial charge in [0, 0.05) is 61.9 Å². The first-order valence-corrected chi connectivity index (χ1v) is 16.0. The minimum absolute atomic E-state index is 0.0784. The molecule has 0 atom stereocenters. The average Bonchev–Trinajstić information content (AvgIpc) is 3.10. The molecule has 1 aliphatic rings. The number of ether oxygens (including phenoxy) is 1. The molecule has 0 bridgehead atoms. The summed E-state index contributed by atoms with van der Waals surface area (Å²) in [5, 5.41) is 0.664. The molecule has 0 saturated carbocycles. The Labute approximate surface area is 281 Å². The first kappa shape index (κ1) is 33.4. The number of ketones is 1. The Morgan fingerprint density at radius 1 is 0.959 bits per heavy atom. The van der Waals surface area contributed by atoms with E-state index >= 15 is 0 Å². The Kier molecular flexibility index (Phi) is 10.0. The van der Waals surface area contributed by atoms with Crippen LogP contribution in [0.5, 0.6) is 0 Å². The van der Waals surface area contributed by atoms with Gasteiger partial charge in [-0.15, -0.1) is 0 Å². The molecule has 1 saturated heterocycles. The minimum Gasteiger partial charge on any atom is -0.378 e. The zero-order chi connectivity index (χ0) is 34.5. The molecular formula is C37H34F2N6O4. The first-order chi connectivity index (χ1) is 23.7. The van der Waals surface area contributed by atoms with E-state index in [1.807, 2.05) is 13.8 Å². The highest BCUT2D eigenvalue weighted by Crippen LogP contribution is 2.20. The number of aromatic nitrogens is 5. The summed E-state index contributed by atoms with van der Waals surface area (Å²) >= 11 is 0. The van der Waals surface area contributed by atoms with Crippen LogP contribution in [0.25, 0.3) is 11.0 Å². The third kappa shape index (κ3) is 7.63. The summed E-state index contributed by atoms with van der Waals surface area (Å²) in [7, 11) is 0. The van der Waals surface area contributed by atoms with Crippen LogP contribution in [-0.4, -0.2) is 56.2 Å². The third-order valence-corrected chi connectivity index (χ3v) is 8.25. The summed E-state index contributed by atoms with van der Waals surface area (Å²) in [6.07, 6.45) is 4.63. The van der Waals surface area contributed by atoms with Crippen LogP contribution in [0, 0.1) is 23.5 Å². The molecule has 1 fully saturated rings. The van der Waals surface area contributed by atoms with Crippen molar-refractivity contribution >= 4 is 22.5 Å². The van der Waals surface area contributed by atoms with E-state index in [-0.39, 0.29) is 42.1 Å². The molecule has 0 unspecified atom stereocenters. The number of hydrogen-bond donors (Lipinski definition) is 0. The van der Waals surface area contributed by atoms with Crippen LogP contribution in [0.1, 0.15) is 65.6 Å². The van der Waals surface area contributed by atoms with Gasteiger partial charge in [-0.3, -0.25) is 23.5 Å². The summed E-state index contributed by atoms with van der Waals surface area (Å²) in [5.41, 5.74) is 2.28. The summed E-state index contributed by atoms with van der Waals surface area (Å²) in [4.78, 5) is 55.0. The van der Waals surface area contributed by atoms with E-state index in [1.165, 1.54) is 18.6 Å². The van der Waals surface area contributed by atoms with Gasteiger partial charge in [-0.1, -0.05) is 30.0 Å². The number of fused-ring (bicyclic) bond motifs is 1. The number of Topliss-reactive ketones (excluding diaryl/α,β-unsaturated/α-hetero) is 1. The molecule has 2 aromatic carbocycles. The molecule has 3 aromatic heterocycles. The quantitative estimate of drug-likeness (QED) is 0.165. The number of hydrogen-bond acceptors (Lipinski definition) is 8. The number of halogens is 2. The molecule has 12 heteroatoms. The first-order valence-electron chi connectivity index (χ1n) is 16.0. The van der Waals surface area contributed by atoms with Gasteiger partial charge in [0.1, 0.15) is 17.0 Å². The van der Waals surface area contributed by atoms with Crippen LogP contribution in [0.2, 0.25) is 0 Å². The lowest BCUT2D eigenvalue weighted by molar-refractivity contribution is 0.0981. The van der Waals surface area contributed by atoms with Crippen molar-refractivity contribution in [1.82, 2.24) is 24.1 Å². The maximum absolute atomic E-state index is 13.6. The SMILES string of the molecule is CC(C)n1c(=O)c(C#CCCC(=O)c2cncn(Cc3ccc(F)c(F)c3)c2=O)cc2cnc(Cc3ccc(N4CCOCC4)cc3)nc21. The van der Waals surface area contributed by atoms with Gasteiger partial charge < -0.3 is 9.64 Å². The van der Waals surface area contributed by atoms with Crippen LogP contribution < -0.4 is 16.0 Å². The zero-order valence-electron chi connectivity index (χ0n) is 27.2. The maximum atomic E-state index is 13.6. The molecule has 5 aromatic rings. The van der Waals surface area contributed by atoms with Crippen molar-refractivity contribution in [3.63, 3.8) is 0 Å². The summed E-state index contributed by atoms with van der Waals surface area (Å²) in [6.45, 7) is 6.89. The fourth-order valence-corrected chi connectivity index (χ4v) is 5.70. The normalized spacial score (nSPS) is 13.0. The fourth-order valence-electron chi connectivity index (χ4n) is 5.70. The van der Waals surface area contributed by atoms with E-state index in [9.17, 15) is 23.2 Å². The van der Waals surface area contributed by atoms with Gasteiger partial charge in [0.2, 0.25) is 0 Å². The minimum atomic E-state index is -1.03. The van der Waals surface area contributed by atoms with Crippen molar-refractivity contribution in [3.8, 4) is 11.8 Å². The van der Waals surface area contributed by atoms with Crippen LogP contribution in [-0.2, 0) is 17.7 Å². The van der Waals surface area contributed by atoms with E-state index in [4.69, 9.17) is 9.72 Å². The summed E-state index contributed by atoms with van der Waals surface area (Å²) in [6, 6.07) is 13.1. The molecule has 6 rings (SSSR count). The zero-order valence-corrected chi connectivity index (χ0v) is 27.2. The lowest BCUT2D eigenvalue weighted by atomic mass is 10.1. The van der Waals surface area contributed by atoms with Crippen molar-refractivity contribution in [3.05, 3.63) is 128 Å². The molecule has 10 nitrogen and oxygen atoms in total. The van der Waals surface area contributed by atoms with Crippen molar-refractivity contribution in [1.29, 1.82) is 0 Å². The van der Waals surface area contributed by atoms with Crippen molar-refractivity contribution in [2.24, 2.45) is 0 Å². The Bertz CT molecular complexity index is 2200. The average molecular weight is 665 g/mol. The van der Waals surface area contributed by atoms with Crippen molar-refractivity contribution < 1.29 is 18.3 Å². The Balaban J connectivity index is 1.15. The predicted octanol–water partition coefficient (Wildman–Crippen LogP) is 4.70. The third-order valence-electron chi connectivity index (χ3n) is 8.25. The molecule has 0 N–H and O–H groups in total. The highest BCUT2D eigenvalue weighted by Gasteiger charge is 2.16. The van der Waals surface area contributed by atoms with Crippen LogP contribution in [0.4, 0.5) is 14.5 Å². The number of morpholine rings is 1. The molecular weight excluding hydrogens is 630 g/mol. The number of carbonyl (C=O) groups is 1. The van der Waals surface area contributed by atoms with E-state index in [0.29, 0.717) is 28.8 Å². The predicted molar refractivity (Wildman–Crippen MR) is 181 cm³/mol. The monoisotopic (exact) mass is 664 g/mol. The van der Waals surface area contributed by atoms with Crippen LogP contribution in [0.3, 0.4) is 0 Å². The van der Waals surface area contributed by atoms with E-state index in [0.717, 1.165) is 54.3 Å². The van der Waals surface area contributed by atoms with Gasteiger partial charge >= 0.3 is 0 Å². The topological polar surface area (TPSA) is 112 Å². The van der Waals surface area contributed by atoms with Crippen LogP contribution in [0.15, 0.2) is 76.8 Å². The number of nitrogens with zero attached hydrogens (tertiary/aromatic N) is 6. The summed E-state index contributed by atoms with van der Waals surface area (Å²) in [5.74, 6) is 3.88. The Hall–Kier alpha value is -5.54. The second kappa shape index (κ2) is 14.7. The van der Waals surface area contributed by atoms with Crippen molar-refractivity contribution in [2.75, 3.05) is 31.2 Å². The number of rotatable bonds is 9. The standard InChI is InChI=1S/C37H34F2N6O4/c1-24(2)45-35-28(20-41-34(42-35)18-25-7-10-29(11-8-25)43-13-15-49-16-14-43)19-27(36(45)47)5-3-4-6-33(46)30-21-40-23-44(37(30)48)22-26-9-12-31(38)32(39)17-26/h7-12,17,19-21,23-24H,4,6,13-16,18,22H2,1-2H3. The molecule has 0 radical (unpaired) electrons. The van der Waals surface area contributed by atoms with Gasteiger partial charge in [-0.05, 0) is 55.3 Å². The number of benzene rings is 2. The van der Waals surface area contributed by atoms with Gasteiger partial charge in [0.15, 0.2) is 17.4 Å².